The number of nitrogens with zero attached hydrogens (tertiary/aromatic N) is 2. The van der Waals surface area contributed by atoms with E-state index in [1.165, 1.54) is 6.20 Å². The number of aryl methyl sites for hydroxylation is 1. The number of benzene rings is 1. The van der Waals surface area contributed by atoms with Gasteiger partial charge in [0.15, 0.2) is 0 Å². The molecule has 0 aliphatic heterocycles. The van der Waals surface area contributed by atoms with E-state index < -0.39 is 0 Å². The molecule has 0 atom stereocenters. The Morgan fingerprint density at radius 3 is 2.57 bits per heavy atom. The quantitative estimate of drug-likeness (QED) is 0.769. The van der Waals surface area contributed by atoms with Gasteiger partial charge in [-0.25, -0.2) is 4.98 Å². The molecule has 0 radical (unpaired) electrons. The van der Waals surface area contributed by atoms with Crippen LogP contribution in [0.2, 0.25) is 0 Å². The molecule has 114 valence electrons. The number of amides is 1. The zero-order valence-electron chi connectivity index (χ0n) is 12.7. The summed E-state index contributed by atoms with van der Waals surface area (Å²) >= 11 is 0. The summed E-state index contributed by atoms with van der Waals surface area (Å²) in [4.78, 5) is 20.3. The lowest BCUT2D eigenvalue weighted by atomic mass is 10.2. The topological polar surface area (TPSA) is 66.9 Å². The number of rotatable bonds is 4. The average molecular weight is 304 g/mol. The number of aromatic nitrogens is 2. The van der Waals surface area contributed by atoms with Gasteiger partial charge in [0.1, 0.15) is 5.82 Å². The van der Waals surface area contributed by atoms with Crippen molar-refractivity contribution < 1.29 is 4.79 Å². The molecule has 5 nitrogen and oxygen atoms in total. The first-order valence-electron chi connectivity index (χ1n) is 7.22. The summed E-state index contributed by atoms with van der Waals surface area (Å²) in [5.74, 6) is 0.512. The summed E-state index contributed by atoms with van der Waals surface area (Å²) < 4.78 is 0. The maximum atomic E-state index is 12.0. The van der Waals surface area contributed by atoms with E-state index in [1.807, 2.05) is 43.3 Å². The van der Waals surface area contributed by atoms with Crippen LogP contribution in [0, 0.1) is 6.92 Å². The summed E-state index contributed by atoms with van der Waals surface area (Å²) in [6.07, 6.45) is 4.77. The predicted octanol–water partition coefficient (Wildman–Crippen LogP) is 3.78. The highest BCUT2D eigenvalue weighted by atomic mass is 16.1. The van der Waals surface area contributed by atoms with E-state index in [0.717, 1.165) is 17.1 Å². The average Bonchev–Trinajstić information content (AvgIpc) is 2.59. The Morgan fingerprint density at radius 1 is 1.00 bits per heavy atom. The van der Waals surface area contributed by atoms with Crippen molar-refractivity contribution in [1.82, 2.24) is 9.97 Å². The third-order valence-electron chi connectivity index (χ3n) is 3.35. The molecule has 5 heteroatoms. The van der Waals surface area contributed by atoms with Crippen molar-refractivity contribution in [3.8, 4) is 0 Å². The Labute approximate surface area is 134 Å². The van der Waals surface area contributed by atoms with E-state index in [-0.39, 0.29) is 5.91 Å². The van der Waals surface area contributed by atoms with E-state index in [9.17, 15) is 4.79 Å². The van der Waals surface area contributed by atoms with Crippen LogP contribution in [0.3, 0.4) is 0 Å². The van der Waals surface area contributed by atoms with Gasteiger partial charge in [-0.3, -0.25) is 9.78 Å². The zero-order chi connectivity index (χ0) is 16.1. The lowest BCUT2D eigenvalue weighted by molar-refractivity contribution is 0.102. The van der Waals surface area contributed by atoms with E-state index >= 15 is 0 Å². The molecule has 0 aliphatic rings. The number of hydrogen-bond donors (Lipinski definition) is 2. The number of carbonyl (C=O) groups is 1. The molecular weight excluding hydrogens is 288 g/mol. The van der Waals surface area contributed by atoms with E-state index in [1.54, 1.807) is 24.5 Å². The van der Waals surface area contributed by atoms with E-state index in [0.29, 0.717) is 11.3 Å². The van der Waals surface area contributed by atoms with Crippen molar-refractivity contribution in [2.75, 3.05) is 10.6 Å². The molecule has 23 heavy (non-hydrogen) atoms. The number of carbonyl (C=O) groups excluding carboxylic acids is 1. The van der Waals surface area contributed by atoms with Gasteiger partial charge >= 0.3 is 0 Å². The Bertz CT molecular complexity index is 801. The van der Waals surface area contributed by atoms with Crippen LogP contribution >= 0.6 is 0 Å². The molecular formula is C18H16N4O. The van der Waals surface area contributed by atoms with Crippen molar-refractivity contribution in [1.29, 1.82) is 0 Å². The Balaban J connectivity index is 1.68. The molecule has 0 bridgehead atoms. The zero-order valence-corrected chi connectivity index (χ0v) is 12.7. The van der Waals surface area contributed by atoms with Gasteiger partial charge in [-0.1, -0.05) is 18.2 Å². The lowest BCUT2D eigenvalue weighted by Gasteiger charge is -2.09. The van der Waals surface area contributed by atoms with Gasteiger partial charge < -0.3 is 10.6 Å². The second-order valence-electron chi connectivity index (χ2n) is 5.07. The number of anilines is 3. The molecule has 2 N–H and O–H groups in total. The van der Waals surface area contributed by atoms with Crippen LogP contribution < -0.4 is 10.6 Å². The van der Waals surface area contributed by atoms with Crippen molar-refractivity contribution in [3.05, 3.63) is 78.2 Å². The van der Waals surface area contributed by atoms with Crippen LogP contribution in [0.15, 0.2) is 67.1 Å². The van der Waals surface area contributed by atoms with Gasteiger partial charge in [0.25, 0.3) is 5.91 Å². The fraction of sp³-hybridized carbons (Fsp3) is 0.0556. The van der Waals surface area contributed by atoms with Crippen LogP contribution in [0.25, 0.3) is 0 Å². The molecule has 3 rings (SSSR count). The van der Waals surface area contributed by atoms with E-state index in [2.05, 4.69) is 20.6 Å². The molecule has 0 unspecified atom stereocenters. The van der Waals surface area contributed by atoms with Crippen LogP contribution in [-0.4, -0.2) is 15.9 Å². The molecule has 0 saturated heterocycles. The minimum absolute atomic E-state index is 0.209. The second-order valence-corrected chi connectivity index (χ2v) is 5.07. The first-order valence-corrected chi connectivity index (χ1v) is 7.22. The SMILES string of the molecule is Cc1ccccc1Nc1ccc(NC(=O)c2cccnc2)cn1. The minimum Gasteiger partial charge on any atom is -0.340 e. The van der Waals surface area contributed by atoms with Gasteiger partial charge in [-0.15, -0.1) is 0 Å². The predicted molar refractivity (Wildman–Crippen MR) is 90.9 cm³/mol. The number of para-hydroxylation sites is 1. The molecule has 0 fully saturated rings. The Kier molecular flexibility index (Phi) is 4.29. The lowest BCUT2D eigenvalue weighted by Crippen LogP contribution is -2.12. The van der Waals surface area contributed by atoms with Crippen molar-refractivity contribution >= 4 is 23.1 Å². The van der Waals surface area contributed by atoms with E-state index in [4.69, 9.17) is 0 Å². The molecule has 2 aromatic heterocycles. The molecule has 0 spiro atoms. The van der Waals surface area contributed by atoms with Gasteiger partial charge in [-0.05, 0) is 42.8 Å². The highest BCUT2D eigenvalue weighted by Crippen LogP contribution is 2.19. The van der Waals surface area contributed by atoms with Crippen LogP contribution in [0.1, 0.15) is 15.9 Å². The smallest absolute Gasteiger partial charge is 0.257 e. The number of pyridine rings is 2. The molecule has 2 heterocycles. The maximum absolute atomic E-state index is 12.0. The van der Waals surface area contributed by atoms with Crippen molar-refractivity contribution in [2.24, 2.45) is 0 Å². The highest BCUT2D eigenvalue weighted by Gasteiger charge is 2.06. The molecule has 1 aromatic carbocycles. The normalized spacial score (nSPS) is 10.1. The largest absolute Gasteiger partial charge is 0.340 e. The van der Waals surface area contributed by atoms with Crippen molar-refractivity contribution in [2.45, 2.75) is 6.92 Å². The maximum Gasteiger partial charge on any atom is 0.257 e. The monoisotopic (exact) mass is 304 g/mol. The standard InChI is InChI=1S/C18H16N4O/c1-13-5-2-3-7-16(13)22-17-9-8-15(12-20-17)21-18(23)14-6-4-10-19-11-14/h2-12H,1H3,(H,20,22)(H,21,23). The fourth-order valence-electron chi connectivity index (χ4n) is 2.09. The number of nitrogens with one attached hydrogen (secondary N) is 2. The Hall–Kier alpha value is -3.21. The van der Waals surface area contributed by atoms with Gasteiger partial charge in [0.05, 0.1) is 17.4 Å². The minimum atomic E-state index is -0.209. The highest BCUT2D eigenvalue weighted by molar-refractivity contribution is 6.03. The first kappa shape index (κ1) is 14.7. The van der Waals surface area contributed by atoms with Crippen molar-refractivity contribution in [3.63, 3.8) is 0 Å². The first-order chi connectivity index (χ1) is 11.2. The van der Waals surface area contributed by atoms with Gasteiger partial charge in [-0.2, -0.15) is 0 Å². The summed E-state index contributed by atoms with van der Waals surface area (Å²) in [6.45, 7) is 2.03. The Morgan fingerprint density at radius 2 is 1.87 bits per heavy atom. The third-order valence-corrected chi connectivity index (χ3v) is 3.35. The fourth-order valence-corrected chi connectivity index (χ4v) is 2.09. The molecule has 3 aromatic rings. The number of hydrogen-bond acceptors (Lipinski definition) is 4. The molecule has 0 saturated carbocycles. The van der Waals surface area contributed by atoms with Gasteiger partial charge in [0.2, 0.25) is 0 Å². The van der Waals surface area contributed by atoms with Crippen LogP contribution in [0.5, 0.6) is 0 Å². The van der Waals surface area contributed by atoms with Crippen LogP contribution in [-0.2, 0) is 0 Å². The molecule has 1 amide bonds. The molecule has 0 aliphatic carbocycles. The summed E-state index contributed by atoms with van der Waals surface area (Å²) in [5.41, 5.74) is 3.29. The summed E-state index contributed by atoms with van der Waals surface area (Å²) in [6, 6.07) is 15.1. The van der Waals surface area contributed by atoms with Gasteiger partial charge in [0, 0.05) is 18.1 Å². The second kappa shape index (κ2) is 6.70. The third kappa shape index (κ3) is 3.71. The summed E-state index contributed by atoms with van der Waals surface area (Å²) in [5, 5.41) is 6.04. The summed E-state index contributed by atoms with van der Waals surface area (Å²) in [7, 11) is 0. The van der Waals surface area contributed by atoms with Crippen LogP contribution in [0.4, 0.5) is 17.2 Å².